The quantitative estimate of drug-likeness (QED) is 0.495. The molecule has 0 radical (unpaired) electrons. The predicted octanol–water partition coefficient (Wildman–Crippen LogP) is 4.72. The van der Waals surface area contributed by atoms with E-state index in [1.807, 2.05) is 6.07 Å². The van der Waals surface area contributed by atoms with Gasteiger partial charge in [0.05, 0.1) is 16.5 Å². The maximum atomic E-state index is 11.6. The Kier molecular flexibility index (Phi) is 6.65. The van der Waals surface area contributed by atoms with E-state index in [2.05, 4.69) is 12.1 Å². The molecule has 0 heterocycles. The highest BCUT2D eigenvalue weighted by atomic mass is 35.5. The molecule has 6 heteroatoms. The first kappa shape index (κ1) is 19.6. The summed E-state index contributed by atoms with van der Waals surface area (Å²) in [5.74, 6) is 0.181. The van der Waals surface area contributed by atoms with Crippen LogP contribution in [-0.4, -0.2) is 25.5 Å². The van der Waals surface area contributed by atoms with Crippen LogP contribution in [0.1, 0.15) is 41.3 Å². The Hall–Kier alpha value is -2.16. The number of carbonyl (C=O) groups excluding carboxylic acids is 2. The van der Waals surface area contributed by atoms with Crippen LogP contribution < -0.4 is 4.74 Å². The Labute approximate surface area is 168 Å². The molecule has 0 amide bonds. The second kappa shape index (κ2) is 9.16. The fourth-order valence-electron chi connectivity index (χ4n) is 3.00. The fraction of sp³-hybridized carbons (Fsp3) is 0.333. The molecule has 0 fully saturated rings. The molecule has 3 rings (SSSR count). The van der Waals surface area contributed by atoms with E-state index in [1.54, 1.807) is 19.1 Å². The lowest BCUT2D eigenvalue weighted by Gasteiger charge is -2.20. The minimum atomic E-state index is -0.393. The summed E-state index contributed by atoms with van der Waals surface area (Å²) in [4.78, 5) is 24.3. The number of benzene rings is 1. The third-order valence-corrected chi connectivity index (χ3v) is 5.80. The fourth-order valence-corrected chi connectivity index (χ4v) is 4.27. The maximum absolute atomic E-state index is 11.6. The summed E-state index contributed by atoms with van der Waals surface area (Å²) in [5, 5.41) is 0.533. The van der Waals surface area contributed by atoms with E-state index in [9.17, 15) is 9.59 Å². The van der Waals surface area contributed by atoms with Gasteiger partial charge in [0, 0.05) is 16.0 Å². The van der Waals surface area contributed by atoms with Gasteiger partial charge in [-0.3, -0.25) is 4.79 Å². The molecule has 4 nitrogen and oxygen atoms in total. The lowest BCUT2D eigenvalue weighted by molar-refractivity contribution is -0.145. The van der Waals surface area contributed by atoms with Crippen LogP contribution in [0.4, 0.5) is 0 Å². The van der Waals surface area contributed by atoms with Crippen molar-refractivity contribution in [1.82, 2.24) is 0 Å². The van der Waals surface area contributed by atoms with Crippen LogP contribution in [0.3, 0.4) is 0 Å². The molecule has 0 aromatic heterocycles. The average molecular weight is 403 g/mol. The molecular weight excluding hydrogens is 384 g/mol. The number of hydrogen-bond acceptors (Lipinski definition) is 5. The molecule has 0 saturated carbocycles. The minimum absolute atomic E-state index is 0.129. The summed E-state index contributed by atoms with van der Waals surface area (Å²) in [6, 6.07) is 11.4. The van der Waals surface area contributed by atoms with Gasteiger partial charge in [-0.25, -0.2) is 4.79 Å². The van der Waals surface area contributed by atoms with Crippen molar-refractivity contribution >= 4 is 35.6 Å². The van der Waals surface area contributed by atoms with Gasteiger partial charge in [0.1, 0.15) is 6.29 Å². The Morgan fingerprint density at radius 3 is 2.74 bits per heavy atom. The Morgan fingerprint density at radius 2 is 2.04 bits per heavy atom. The molecule has 0 aliphatic heterocycles. The molecule has 0 N–H and O–H groups in total. The van der Waals surface area contributed by atoms with Crippen molar-refractivity contribution < 1.29 is 19.1 Å². The number of fused-ring (bicyclic) bond motifs is 1. The molecule has 2 aromatic carbocycles. The number of aldehydes is 1. The van der Waals surface area contributed by atoms with Gasteiger partial charge < -0.3 is 9.47 Å². The van der Waals surface area contributed by atoms with E-state index in [0.717, 1.165) is 47.3 Å². The molecule has 0 spiro atoms. The zero-order chi connectivity index (χ0) is 19.2. The summed E-state index contributed by atoms with van der Waals surface area (Å²) < 4.78 is 10.6. The van der Waals surface area contributed by atoms with E-state index < -0.39 is 5.97 Å². The number of esters is 1. The van der Waals surface area contributed by atoms with Gasteiger partial charge in [0.25, 0.3) is 0 Å². The van der Waals surface area contributed by atoms with Crippen LogP contribution in [0.15, 0.2) is 28.0 Å². The average Bonchev–Trinajstić information content (AvgIpc) is 2.69. The van der Waals surface area contributed by atoms with Crippen molar-refractivity contribution in [1.29, 1.82) is 0 Å². The number of rotatable bonds is 7. The molecule has 0 saturated heterocycles. The smallest absolute Gasteiger partial charge is 0.344 e. The second-order valence-electron chi connectivity index (χ2n) is 6.08. The Bertz CT molecular complexity index is 850. The van der Waals surface area contributed by atoms with Crippen molar-refractivity contribution in [3.05, 3.63) is 52.0 Å². The van der Waals surface area contributed by atoms with Crippen LogP contribution in [-0.2, 0) is 22.4 Å². The molecule has 0 atom stereocenters. The molecule has 0 unspecified atom stereocenters. The Morgan fingerprint density at radius 1 is 1.26 bits per heavy atom. The van der Waals surface area contributed by atoms with E-state index in [0.29, 0.717) is 22.9 Å². The summed E-state index contributed by atoms with van der Waals surface area (Å²) in [7, 11) is 0. The van der Waals surface area contributed by atoms with Crippen LogP contribution in [0.25, 0.3) is 0 Å². The highest BCUT2D eigenvalue weighted by Gasteiger charge is 2.20. The van der Waals surface area contributed by atoms with Crippen LogP contribution >= 0.6 is 23.4 Å². The van der Waals surface area contributed by atoms with Gasteiger partial charge in [-0.05, 0) is 56.4 Å². The molecule has 27 heavy (non-hydrogen) atoms. The highest BCUT2D eigenvalue weighted by molar-refractivity contribution is 7.99. The van der Waals surface area contributed by atoms with Crippen molar-refractivity contribution in [2.24, 2.45) is 0 Å². The summed E-state index contributed by atoms with van der Waals surface area (Å²) in [5.41, 5.74) is 2.79. The first-order valence-electron chi connectivity index (χ1n) is 8.82. The number of halogens is 1. The topological polar surface area (TPSA) is 52.6 Å². The minimum Gasteiger partial charge on any atom is -0.473 e. The van der Waals surface area contributed by atoms with Gasteiger partial charge in [0.2, 0.25) is 0 Å². The van der Waals surface area contributed by atoms with Crippen molar-refractivity contribution in [2.45, 2.75) is 42.4 Å². The monoisotopic (exact) mass is 402 g/mol. The summed E-state index contributed by atoms with van der Waals surface area (Å²) >= 11 is 7.81. The SMILES string of the molecule is CCOC(=O)COc1c#cc(Sc2ccc(C=O)cc2Cl)c2c1CCCC2. The van der Waals surface area contributed by atoms with Crippen molar-refractivity contribution in [3.63, 3.8) is 0 Å². The van der Waals surface area contributed by atoms with Gasteiger partial charge in [-0.2, -0.15) is 0 Å². The van der Waals surface area contributed by atoms with Gasteiger partial charge in [0.15, 0.2) is 12.4 Å². The van der Waals surface area contributed by atoms with E-state index in [4.69, 9.17) is 21.1 Å². The summed E-state index contributed by atoms with van der Waals surface area (Å²) in [6.07, 6.45) is 4.73. The number of carbonyl (C=O) groups is 2. The normalized spacial score (nSPS) is 12.7. The van der Waals surface area contributed by atoms with Gasteiger partial charge in [-0.15, -0.1) is 0 Å². The standard InChI is InChI=1S/C21H19ClO4S/c1-2-25-21(24)13-26-18-8-10-19(16-6-4-3-5-15(16)18)27-20-9-7-14(12-23)11-17(20)22/h7,9,11-12H,2-6,13H2,1H3. The van der Waals surface area contributed by atoms with E-state index in [1.165, 1.54) is 17.3 Å². The zero-order valence-corrected chi connectivity index (χ0v) is 16.5. The van der Waals surface area contributed by atoms with E-state index in [-0.39, 0.29) is 6.61 Å². The number of ether oxygens (including phenoxy) is 2. The largest absolute Gasteiger partial charge is 0.473 e. The predicted molar refractivity (Wildman–Crippen MR) is 104 cm³/mol. The third kappa shape index (κ3) is 4.77. The summed E-state index contributed by atoms with van der Waals surface area (Å²) in [6.45, 7) is 1.96. The lowest BCUT2D eigenvalue weighted by atomic mass is 9.92. The molecule has 140 valence electrons. The second-order valence-corrected chi connectivity index (χ2v) is 7.54. The molecule has 0 bridgehead atoms. The highest BCUT2D eigenvalue weighted by Crippen LogP contribution is 2.39. The number of hydrogen-bond donors (Lipinski definition) is 0. The van der Waals surface area contributed by atoms with Crippen LogP contribution in [0.5, 0.6) is 5.75 Å². The maximum Gasteiger partial charge on any atom is 0.344 e. The molecule has 1 aliphatic carbocycles. The van der Waals surface area contributed by atoms with E-state index >= 15 is 0 Å². The molecular formula is C21H19ClO4S. The van der Waals surface area contributed by atoms with Crippen molar-refractivity contribution in [3.8, 4) is 5.75 Å². The lowest BCUT2D eigenvalue weighted by Crippen LogP contribution is -2.16. The third-order valence-electron chi connectivity index (χ3n) is 4.25. The van der Waals surface area contributed by atoms with Gasteiger partial charge >= 0.3 is 5.97 Å². The zero-order valence-electron chi connectivity index (χ0n) is 15.0. The first-order chi connectivity index (χ1) is 13.1. The molecule has 1 aliphatic rings. The Balaban J connectivity index is 1.84. The first-order valence-corrected chi connectivity index (χ1v) is 10.0. The molecule has 2 aromatic rings. The van der Waals surface area contributed by atoms with Crippen LogP contribution in [0.2, 0.25) is 5.02 Å². The van der Waals surface area contributed by atoms with Crippen molar-refractivity contribution in [2.75, 3.05) is 13.2 Å². The van der Waals surface area contributed by atoms with Crippen LogP contribution in [0, 0.1) is 12.1 Å². The van der Waals surface area contributed by atoms with Gasteiger partial charge in [-0.1, -0.05) is 35.5 Å².